The molecule has 0 bridgehead atoms. The maximum Gasteiger partial charge on any atom is 0.187 e. The third kappa shape index (κ3) is 2.08. The summed E-state index contributed by atoms with van der Waals surface area (Å²) >= 11 is 0. The van der Waals surface area contributed by atoms with Gasteiger partial charge in [-0.2, -0.15) is 0 Å². The average molecular weight is 275 g/mol. The Morgan fingerprint density at radius 2 is 1.90 bits per heavy atom. The number of benzene rings is 1. The van der Waals surface area contributed by atoms with Gasteiger partial charge in [0, 0.05) is 36.6 Å². The zero-order valence-electron chi connectivity index (χ0n) is 11.9. The van der Waals surface area contributed by atoms with E-state index in [0.717, 1.165) is 13.1 Å². The van der Waals surface area contributed by atoms with E-state index >= 15 is 0 Å². The van der Waals surface area contributed by atoms with Gasteiger partial charge in [-0.3, -0.25) is 4.98 Å². The molecule has 3 nitrogen and oxygen atoms in total. The van der Waals surface area contributed by atoms with E-state index in [0.29, 0.717) is 17.0 Å². The molecule has 2 heterocycles. The number of nitrogens with zero attached hydrogens (tertiary/aromatic N) is 3. The van der Waals surface area contributed by atoms with Crippen LogP contribution in [0, 0.1) is 12.0 Å². The summed E-state index contributed by atoms with van der Waals surface area (Å²) in [5, 5.41) is 0. The van der Waals surface area contributed by atoms with Crippen molar-refractivity contribution in [1.82, 2.24) is 4.98 Å². The molecule has 0 atom stereocenters. The third-order valence-electron chi connectivity index (χ3n) is 4.91. The first-order valence-corrected chi connectivity index (χ1v) is 7.40. The maximum atomic E-state index is 6.99. The van der Waals surface area contributed by atoms with Crippen LogP contribution >= 0.6 is 0 Å². The summed E-state index contributed by atoms with van der Waals surface area (Å²) in [6.07, 6.45) is 6.43. The van der Waals surface area contributed by atoms with Gasteiger partial charge >= 0.3 is 0 Å². The highest BCUT2D eigenvalue weighted by Gasteiger charge is 2.52. The molecular weight excluding hydrogens is 258 g/mol. The highest BCUT2D eigenvalue weighted by atomic mass is 15.2. The molecule has 4 rings (SSSR count). The molecule has 21 heavy (non-hydrogen) atoms. The van der Waals surface area contributed by atoms with Crippen molar-refractivity contribution in [2.45, 2.75) is 18.8 Å². The van der Waals surface area contributed by atoms with Crippen LogP contribution in [0.1, 0.15) is 24.3 Å². The van der Waals surface area contributed by atoms with Crippen molar-refractivity contribution in [2.24, 2.45) is 5.41 Å². The lowest BCUT2D eigenvalue weighted by atomic mass is 9.56. The zero-order valence-corrected chi connectivity index (χ0v) is 11.9. The van der Waals surface area contributed by atoms with E-state index in [-0.39, 0.29) is 0 Å². The normalized spacial score (nSPS) is 19.7. The maximum absolute atomic E-state index is 6.99. The van der Waals surface area contributed by atoms with Crippen LogP contribution in [0.15, 0.2) is 48.8 Å². The molecule has 1 aromatic heterocycles. The third-order valence-corrected chi connectivity index (χ3v) is 4.91. The van der Waals surface area contributed by atoms with Gasteiger partial charge in [-0.05, 0) is 42.5 Å². The van der Waals surface area contributed by atoms with Crippen molar-refractivity contribution in [3.05, 3.63) is 65.8 Å². The number of anilines is 1. The largest absolute Gasteiger partial charge is 0.370 e. The van der Waals surface area contributed by atoms with Crippen molar-refractivity contribution in [3.63, 3.8) is 0 Å². The predicted molar refractivity (Wildman–Crippen MR) is 83.6 cm³/mol. The molecular formula is C18H17N3. The van der Waals surface area contributed by atoms with Gasteiger partial charge in [-0.15, -0.1) is 0 Å². The summed E-state index contributed by atoms with van der Waals surface area (Å²) in [6.45, 7) is 9.30. The second-order valence-corrected chi connectivity index (χ2v) is 6.38. The summed E-state index contributed by atoms with van der Waals surface area (Å²) in [5.74, 6) is 0.699. The lowest BCUT2D eigenvalue weighted by molar-refractivity contribution is 0.0632. The molecule has 1 saturated heterocycles. The van der Waals surface area contributed by atoms with E-state index in [9.17, 15) is 0 Å². The summed E-state index contributed by atoms with van der Waals surface area (Å²) < 4.78 is 0. The number of aromatic nitrogens is 1. The predicted octanol–water partition coefficient (Wildman–Crippen LogP) is 4.02. The fraction of sp³-hybridized carbons (Fsp3) is 0.333. The van der Waals surface area contributed by atoms with Crippen molar-refractivity contribution >= 4 is 11.4 Å². The van der Waals surface area contributed by atoms with Gasteiger partial charge in [-0.1, -0.05) is 18.2 Å². The second-order valence-electron chi connectivity index (χ2n) is 6.38. The molecule has 0 N–H and O–H groups in total. The van der Waals surface area contributed by atoms with Gasteiger partial charge in [0.25, 0.3) is 0 Å². The molecule has 1 aliphatic heterocycles. The van der Waals surface area contributed by atoms with Crippen molar-refractivity contribution < 1.29 is 0 Å². The lowest BCUT2D eigenvalue weighted by Crippen LogP contribution is -2.61. The van der Waals surface area contributed by atoms with Crippen LogP contribution in [-0.2, 0) is 0 Å². The van der Waals surface area contributed by atoms with E-state index in [1.165, 1.54) is 24.1 Å². The minimum absolute atomic E-state index is 0.527. The summed E-state index contributed by atoms with van der Waals surface area (Å²) in [7, 11) is 0. The van der Waals surface area contributed by atoms with Crippen LogP contribution in [0.25, 0.3) is 4.85 Å². The van der Waals surface area contributed by atoms with E-state index in [2.05, 4.69) is 32.9 Å². The Kier molecular flexibility index (Phi) is 2.71. The van der Waals surface area contributed by atoms with Gasteiger partial charge in [0.2, 0.25) is 0 Å². The number of hydrogen-bond donors (Lipinski definition) is 0. The molecule has 1 spiro atoms. The fourth-order valence-corrected chi connectivity index (χ4v) is 3.78. The second kappa shape index (κ2) is 4.60. The SMILES string of the molecule is [C-]#[N+]c1ccc(N2CC3(CC(c4cccnc4)C3)C2)cc1. The van der Waals surface area contributed by atoms with Crippen LogP contribution in [-0.4, -0.2) is 18.1 Å². The van der Waals surface area contributed by atoms with Crippen LogP contribution in [0.4, 0.5) is 11.4 Å². The van der Waals surface area contributed by atoms with E-state index in [1.807, 2.05) is 30.6 Å². The summed E-state index contributed by atoms with van der Waals surface area (Å²) in [6, 6.07) is 12.2. The smallest absolute Gasteiger partial charge is 0.187 e. The monoisotopic (exact) mass is 275 g/mol. The Hall–Kier alpha value is -2.34. The van der Waals surface area contributed by atoms with E-state index in [4.69, 9.17) is 6.57 Å². The van der Waals surface area contributed by atoms with Crippen molar-refractivity contribution in [3.8, 4) is 0 Å². The molecule has 2 fully saturated rings. The Labute approximate surface area is 125 Å². The molecule has 3 heteroatoms. The van der Waals surface area contributed by atoms with Crippen LogP contribution in [0.5, 0.6) is 0 Å². The minimum Gasteiger partial charge on any atom is -0.370 e. The van der Waals surface area contributed by atoms with Crippen LogP contribution in [0.2, 0.25) is 0 Å². The molecule has 1 aromatic carbocycles. The van der Waals surface area contributed by atoms with Gasteiger partial charge in [0.15, 0.2) is 5.69 Å². The molecule has 104 valence electrons. The molecule has 0 unspecified atom stereocenters. The Bertz CT molecular complexity index is 671. The highest BCUT2D eigenvalue weighted by Crippen LogP contribution is 2.56. The topological polar surface area (TPSA) is 20.5 Å². The first-order chi connectivity index (χ1) is 10.3. The first-order valence-electron chi connectivity index (χ1n) is 7.40. The zero-order chi connectivity index (χ0) is 14.3. The number of hydrogen-bond acceptors (Lipinski definition) is 2. The number of rotatable bonds is 2. The van der Waals surface area contributed by atoms with E-state index in [1.54, 1.807) is 0 Å². The van der Waals surface area contributed by atoms with Gasteiger partial charge in [-0.25, -0.2) is 4.85 Å². The Balaban J connectivity index is 1.37. The molecule has 1 aliphatic carbocycles. The molecule has 1 saturated carbocycles. The fourth-order valence-electron chi connectivity index (χ4n) is 3.78. The quantitative estimate of drug-likeness (QED) is 0.772. The van der Waals surface area contributed by atoms with Crippen LogP contribution in [0.3, 0.4) is 0 Å². The molecule has 0 radical (unpaired) electrons. The summed E-state index contributed by atoms with van der Waals surface area (Å²) in [4.78, 5) is 10.1. The van der Waals surface area contributed by atoms with E-state index < -0.39 is 0 Å². The van der Waals surface area contributed by atoms with Crippen LogP contribution < -0.4 is 4.90 Å². The highest BCUT2D eigenvalue weighted by molar-refractivity contribution is 5.57. The Morgan fingerprint density at radius 3 is 2.52 bits per heavy atom. The van der Waals surface area contributed by atoms with Gasteiger partial charge in [0.1, 0.15) is 0 Å². The lowest BCUT2D eigenvalue weighted by Gasteiger charge is -2.60. The molecule has 2 aliphatic rings. The number of pyridine rings is 1. The van der Waals surface area contributed by atoms with Crippen molar-refractivity contribution in [1.29, 1.82) is 0 Å². The molecule has 0 amide bonds. The summed E-state index contributed by atoms with van der Waals surface area (Å²) in [5.41, 5.74) is 3.88. The van der Waals surface area contributed by atoms with Crippen molar-refractivity contribution in [2.75, 3.05) is 18.0 Å². The molecule has 2 aromatic rings. The standard InChI is InChI=1S/C18H17N3/c1-19-16-4-6-17(7-5-16)21-12-18(13-21)9-15(10-18)14-3-2-8-20-11-14/h2-8,11,15H,9-10,12-13H2. The first kappa shape index (κ1) is 12.4. The Morgan fingerprint density at radius 1 is 1.14 bits per heavy atom. The average Bonchev–Trinajstić information content (AvgIpc) is 2.46. The van der Waals surface area contributed by atoms with Gasteiger partial charge < -0.3 is 4.90 Å². The minimum atomic E-state index is 0.527. The van der Waals surface area contributed by atoms with Gasteiger partial charge in [0.05, 0.1) is 6.57 Å².